The lowest BCUT2D eigenvalue weighted by molar-refractivity contribution is 0.0953. The summed E-state index contributed by atoms with van der Waals surface area (Å²) in [4.78, 5) is 28.1. The summed E-state index contributed by atoms with van der Waals surface area (Å²) in [5.74, 6) is 1.68. The number of hydrogen-bond acceptors (Lipinski definition) is 6. The number of carbonyl (C=O) groups is 1. The van der Waals surface area contributed by atoms with Crippen LogP contribution in [0, 0.1) is 6.92 Å². The van der Waals surface area contributed by atoms with Gasteiger partial charge in [0.25, 0.3) is 5.91 Å². The zero-order chi connectivity index (χ0) is 22.2. The van der Waals surface area contributed by atoms with Crippen molar-refractivity contribution < 1.29 is 4.79 Å². The van der Waals surface area contributed by atoms with Gasteiger partial charge in [0.1, 0.15) is 22.3 Å². The van der Waals surface area contributed by atoms with Crippen molar-refractivity contribution in [2.45, 2.75) is 19.9 Å². The van der Waals surface area contributed by atoms with E-state index in [0.29, 0.717) is 29.5 Å². The zero-order valence-corrected chi connectivity index (χ0v) is 18.6. The van der Waals surface area contributed by atoms with E-state index in [9.17, 15) is 4.79 Å². The first kappa shape index (κ1) is 20.1. The molecule has 7 nitrogen and oxygen atoms in total. The Kier molecular flexibility index (Phi) is 5.07. The SMILES string of the molecule is Cc1c(C(=O)NCc2nc3ccccc3n2C)sc2nc(Cc3ccccc3)nc(N)c12. The van der Waals surface area contributed by atoms with E-state index in [-0.39, 0.29) is 5.91 Å². The standard InChI is InChI=1S/C24H22N6OS/c1-14-20-22(25)28-18(12-15-8-4-3-5-9-15)29-24(20)32-21(14)23(31)26-13-19-27-16-10-6-7-11-17(16)30(19)2/h3-11H,12-13H2,1-2H3,(H,26,31)(H2,25,28,29). The molecule has 0 aliphatic heterocycles. The van der Waals surface area contributed by atoms with Crippen LogP contribution in [0.5, 0.6) is 0 Å². The van der Waals surface area contributed by atoms with Gasteiger partial charge in [0, 0.05) is 13.5 Å². The van der Waals surface area contributed by atoms with Crippen LogP contribution in [0.1, 0.15) is 32.4 Å². The molecule has 0 bridgehead atoms. The van der Waals surface area contributed by atoms with E-state index in [1.807, 2.05) is 73.1 Å². The van der Waals surface area contributed by atoms with E-state index < -0.39 is 0 Å². The molecular weight excluding hydrogens is 420 g/mol. The van der Waals surface area contributed by atoms with Crippen molar-refractivity contribution in [3.05, 3.63) is 82.3 Å². The molecular formula is C24H22N6OS. The second-order valence-electron chi connectivity index (χ2n) is 7.68. The number of aromatic nitrogens is 4. The Bertz CT molecular complexity index is 1450. The summed E-state index contributed by atoms with van der Waals surface area (Å²) >= 11 is 1.34. The van der Waals surface area contributed by atoms with Gasteiger partial charge in [-0.2, -0.15) is 0 Å². The Morgan fingerprint density at radius 1 is 1.06 bits per heavy atom. The number of aryl methyl sites for hydroxylation is 2. The number of thiophene rings is 1. The smallest absolute Gasteiger partial charge is 0.262 e. The monoisotopic (exact) mass is 442 g/mol. The fraction of sp³-hybridized carbons (Fsp3) is 0.167. The molecule has 5 rings (SSSR count). The minimum atomic E-state index is -0.165. The highest BCUT2D eigenvalue weighted by Crippen LogP contribution is 2.33. The quantitative estimate of drug-likeness (QED) is 0.429. The Balaban J connectivity index is 1.40. The van der Waals surface area contributed by atoms with Crippen LogP contribution >= 0.6 is 11.3 Å². The number of nitrogens with two attached hydrogens (primary N) is 1. The number of rotatable bonds is 5. The highest BCUT2D eigenvalue weighted by molar-refractivity contribution is 7.20. The van der Waals surface area contributed by atoms with E-state index in [2.05, 4.69) is 20.3 Å². The van der Waals surface area contributed by atoms with Gasteiger partial charge < -0.3 is 15.6 Å². The largest absolute Gasteiger partial charge is 0.383 e. The van der Waals surface area contributed by atoms with Crippen molar-refractivity contribution in [3.63, 3.8) is 0 Å². The lowest BCUT2D eigenvalue weighted by atomic mass is 10.1. The first-order chi connectivity index (χ1) is 15.5. The molecule has 0 aliphatic rings. The molecule has 5 aromatic rings. The van der Waals surface area contributed by atoms with Gasteiger partial charge in [0.2, 0.25) is 0 Å². The predicted molar refractivity (Wildman–Crippen MR) is 128 cm³/mol. The lowest BCUT2D eigenvalue weighted by Gasteiger charge is -2.05. The van der Waals surface area contributed by atoms with Gasteiger partial charge in [0.15, 0.2) is 0 Å². The maximum atomic E-state index is 13.0. The van der Waals surface area contributed by atoms with E-state index in [1.54, 1.807) is 0 Å². The molecule has 2 aromatic carbocycles. The summed E-state index contributed by atoms with van der Waals surface area (Å²) in [5.41, 5.74) is 10.1. The Morgan fingerprint density at radius 2 is 1.81 bits per heavy atom. The molecule has 0 spiro atoms. The van der Waals surface area contributed by atoms with Crippen LogP contribution in [0.15, 0.2) is 54.6 Å². The van der Waals surface area contributed by atoms with Gasteiger partial charge in [-0.25, -0.2) is 15.0 Å². The van der Waals surface area contributed by atoms with Crippen molar-refractivity contribution in [1.29, 1.82) is 0 Å². The number of fused-ring (bicyclic) bond motifs is 2. The number of amides is 1. The van der Waals surface area contributed by atoms with Crippen LogP contribution in [0.25, 0.3) is 21.3 Å². The number of carbonyl (C=O) groups excluding carboxylic acids is 1. The number of nitrogens with one attached hydrogen (secondary N) is 1. The molecule has 8 heteroatoms. The molecule has 0 saturated carbocycles. The molecule has 1 amide bonds. The second kappa shape index (κ2) is 8.05. The summed E-state index contributed by atoms with van der Waals surface area (Å²) in [6, 6.07) is 17.9. The van der Waals surface area contributed by atoms with Gasteiger partial charge in [-0.3, -0.25) is 4.79 Å². The van der Waals surface area contributed by atoms with Gasteiger partial charge >= 0.3 is 0 Å². The van der Waals surface area contributed by atoms with Crippen LogP contribution in [0.4, 0.5) is 5.82 Å². The Labute approximate surface area is 189 Å². The topological polar surface area (TPSA) is 98.7 Å². The zero-order valence-electron chi connectivity index (χ0n) is 17.8. The molecule has 160 valence electrons. The molecule has 0 radical (unpaired) electrons. The van der Waals surface area contributed by atoms with E-state index in [0.717, 1.165) is 38.2 Å². The fourth-order valence-electron chi connectivity index (χ4n) is 3.88. The number of benzene rings is 2. The predicted octanol–water partition coefficient (Wildman–Crippen LogP) is 3.99. The number of para-hydroxylation sites is 2. The van der Waals surface area contributed by atoms with Gasteiger partial charge in [-0.15, -0.1) is 11.3 Å². The molecule has 3 heterocycles. The van der Waals surface area contributed by atoms with Crippen LogP contribution in [-0.4, -0.2) is 25.4 Å². The number of nitrogen functional groups attached to an aromatic ring is 1. The minimum absolute atomic E-state index is 0.165. The average Bonchev–Trinajstić information content (AvgIpc) is 3.30. The van der Waals surface area contributed by atoms with Gasteiger partial charge in [-0.05, 0) is 30.2 Å². The molecule has 3 N–H and O–H groups in total. The molecule has 0 fully saturated rings. The number of hydrogen-bond donors (Lipinski definition) is 2. The minimum Gasteiger partial charge on any atom is -0.383 e. The van der Waals surface area contributed by atoms with Crippen LogP contribution in [-0.2, 0) is 20.0 Å². The summed E-state index contributed by atoms with van der Waals surface area (Å²) in [5, 5.41) is 3.74. The first-order valence-corrected chi connectivity index (χ1v) is 11.1. The van der Waals surface area contributed by atoms with Crippen molar-refractivity contribution in [3.8, 4) is 0 Å². The van der Waals surface area contributed by atoms with Crippen molar-refractivity contribution in [2.75, 3.05) is 5.73 Å². The van der Waals surface area contributed by atoms with Gasteiger partial charge in [0.05, 0.1) is 27.8 Å². The summed E-state index contributed by atoms with van der Waals surface area (Å²) < 4.78 is 1.99. The number of anilines is 1. The summed E-state index contributed by atoms with van der Waals surface area (Å²) in [6.45, 7) is 2.22. The fourth-order valence-corrected chi connectivity index (χ4v) is 5.01. The average molecular weight is 443 g/mol. The van der Waals surface area contributed by atoms with Crippen LogP contribution < -0.4 is 11.1 Å². The summed E-state index contributed by atoms with van der Waals surface area (Å²) in [7, 11) is 1.95. The highest BCUT2D eigenvalue weighted by Gasteiger charge is 2.20. The first-order valence-electron chi connectivity index (χ1n) is 10.3. The number of nitrogens with zero attached hydrogens (tertiary/aromatic N) is 4. The second-order valence-corrected chi connectivity index (χ2v) is 8.68. The maximum absolute atomic E-state index is 13.0. The lowest BCUT2D eigenvalue weighted by Crippen LogP contribution is -2.24. The van der Waals surface area contributed by atoms with Crippen LogP contribution in [0.3, 0.4) is 0 Å². The molecule has 0 saturated heterocycles. The molecule has 0 atom stereocenters. The Morgan fingerprint density at radius 3 is 2.59 bits per heavy atom. The molecule has 32 heavy (non-hydrogen) atoms. The normalized spacial score (nSPS) is 11.3. The van der Waals surface area contributed by atoms with E-state index >= 15 is 0 Å². The Hall–Kier alpha value is -3.78. The molecule has 0 unspecified atom stereocenters. The van der Waals surface area contributed by atoms with Crippen LogP contribution in [0.2, 0.25) is 0 Å². The van der Waals surface area contributed by atoms with Gasteiger partial charge in [-0.1, -0.05) is 42.5 Å². The highest BCUT2D eigenvalue weighted by atomic mass is 32.1. The maximum Gasteiger partial charge on any atom is 0.262 e. The van der Waals surface area contributed by atoms with Crippen molar-refractivity contribution in [2.24, 2.45) is 7.05 Å². The van der Waals surface area contributed by atoms with Crippen molar-refractivity contribution >= 4 is 44.3 Å². The van der Waals surface area contributed by atoms with E-state index in [1.165, 1.54) is 11.3 Å². The molecule has 0 aliphatic carbocycles. The van der Waals surface area contributed by atoms with Crippen molar-refractivity contribution in [1.82, 2.24) is 24.8 Å². The third-order valence-corrected chi connectivity index (χ3v) is 6.75. The number of imidazole rings is 1. The van der Waals surface area contributed by atoms with E-state index in [4.69, 9.17) is 5.73 Å². The molecule has 3 aromatic heterocycles. The third kappa shape index (κ3) is 3.58. The summed E-state index contributed by atoms with van der Waals surface area (Å²) in [6.07, 6.45) is 0.589. The third-order valence-electron chi connectivity index (χ3n) is 5.56.